The minimum Gasteiger partial charge on any atom is -0.497 e. The van der Waals surface area contributed by atoms with E-state index in [2.05, 4.69) is 0 Å². The summed E-state index contributed by atoms with van der Waals surface area (Å²) in [5.74, 6) is 0.711. The summed E-state index contributed by atoms with van der Waals surface area (Å²) in [5, 5.41) is 10.7. The predicted molar refractivity (Wildman–Crippen MR) is 95.6 cm³/mol. The molecule has 0 N–H and O–H groups in total. The van der Waals surface area contributed by atoms with Crippen molar-refractivity contribution in [3.05, 3.63) is 70.3 Å². The molecule has 6 heteroatoms. The summed E-state index contributed by atoms with van der Waals surface area (Å²) in [6, 6.07) is 13.6. The number of hydrogen-bond acceptors (Lipinski definition) is 4. The van der Waals surface area contributed by atoms with Crippen LogP contribution in [0.1, 0.15) is 12.5 Å². The first-order chi connectivity index (χ1) is 12.0. The molecule has 1 aliphatic rings. The summed E-state index contributed by atoms with van der Waals surface area (Å²) in [5.41, 5.74) is 1.73. The molecule has 2 aromatic carbocycles. The lowest BCUT2D eigenvalue weighted by Gasteiger charge is -2.44. The molecule has 2 atom stereocenters. The first-order valence-electron chi connectivity index (χ1n) is 7.91. The second-order valence-corrected chi connectivity index (χ2v) is 5.89. The van der Waals surface area contributed by atoms with Crippen molar-refractivity contribution in [2.75, 3.05) is 12.0 Å². The molecule has 0 unspecified atom stereocenters. The fourth-order valence-electron chi connectivity index (χ4n) is 2.87. The van der Waals surface area contributed by atoms with E-state index in [-0.39, 0.29) is 23.6 Å². The zero-order valence-electron chi connectivity index (χ0n) is 14.0. The van der Waals surface area contributed by atoms with E-state index >= 15 is 0 Å². The van der Waals surface area contributed by atoms with Crippen LogP contribution in [0.5, 0.6) is 5.75 Å². The van der Waals surface area contributed by atoms with Crippen LogP contribution in [0.3, 0.4) is 0 Å². The van der Waals surface area contributed by atoms with Gasteiger partial charge in [-0.05, 0) is 42.0 Å². The highest BCUT2D eigenvalue weighted by Gasteiger charge is 2.43. The molecule has 3 rings (SSSR count). The van der Waals surface area contributed by atoms with Gasteiger partial charge >= 0.3 is 0 Å². The van der Waals surface area contributed by atoms with Gasteiger partial charge in [0.1, 0.15) is 5.75 Å². The zero-order chi connectivity index (χ0) is 18.0. The van der Waals surface area contributed by atoms with Crippen LogP contribution < -0.4 is 9.64 Å². The van der Waals surface area contributed by atoms with E-state index in [1.54, 1.807) is 24.1 Å². The molecular formula is C19H18N2O4. The quantitative estimate of drug-likeness (QED) is 0.474. The summed E-state index contributed by atoms with van der Waals surface area (Å²) >= 11 is 0. The molecule has 1 aliphatic heterocycles. The molecule has 1 heterocycles. The molecule has 25 heavy (non-hydrogen) atoms. The fraction of sp³-hybridized carbons (Fsp3) is 0.211. The molecule has 2 aromatic rings. The second-order valence-electron chi connectivity index (χ2n) is 5.89. The number of anilines is 1. The minimum atomic E-state index is -0.425. The summed E-state index contributed by atoms with van der Waals surface area (Å²) < 4.78 is 5.14. The third-order valence-electron chi connectivity index (χ3n) is 4.38. The number of carbonyl (C=O) groups is 1. The average Bonchev–Trinajstić information content (AvgIpc) is 2.65. The predicted octanol–water partition coefficient (Wildman–Crippen LogP) is 3.67. The molecule has 0 spiro atoms. The number of hydrogen-bond donors (Lipinski definition) is 0. The van der Waals surface area contributed by atoms with Gasteiger partial charge in [-0.3, -0.25) is 14.9 Å². The number of β-lactam (4-membered cyclic amide) rings is 1. The van der Waals surface area contributed by atoms with Crippen molar-refractivity contribution < 1.29 is 14.5 Å². The van der Waals surface area contributed by atoms with Crippen LogP contribution >= 0.6 is 0 Å². The monoisotopic (exact) mass is 338 g/mol. The Kier molecular flexibility index (Phi) is 4.52. The van der Waals surface area contributed by atoms with Crippen molar-refractivity contribution in [1.82, 2.24) is 0 Å². The Balaban J connectivity index is 1.77. The zero-order valence-corrected chi connectivity index (χ0v) is 14.0. The summed E-state index contributed by atoms with van der Waals surface area (Å²) in [7, 11) is 1.60. The number of amides is 1. The Morgan fingerprint density at radius 2 is 1.76 bits per heavy atom. The second kappa shape index (κ2) is 6.76. The largest absolute Gasteiger partial charge is 0.497 e. The van der Waals surface area contributed by atoms with E-state index in [0.29, 0.717) is 0 Å². The third-order valence-corrected chi connectivity index (χ3v) is 4.38. The fourth-order valence-corrected chi connectivity index (χ4v) is 2.87. The normalized spacial score (nSPS) is 19.8. The molecule has 0 saturated carbocycles. The Hall–Kier alpha value is -3.15. The van der Waals surface area contributed by atoms with E-state index in [9.17, 15) is 14.9 Å². The topological polar surface area (TPSA) is 72.7 Å². The summed E-state index contributed by atoms with van der Waals surface area (Å²) in [4.78, 5) is 24.3. The van der Waals surface area contributed by atoms with Crippen molar-refractivity contribution in [1.29, 1.82) is 0 Å². The van der Waals surface area contributed by atoms with Crippen LogP contribution in [-0.4, -0.2) is 24.0 Å². The number of rotatable bonds is 5. The van der Waals surface area contributed by atoms with E-state index in [4.69, 9.17) is 4.74 Å². The first-order valence-corrected chi connectivity index (χ1v) is 7.91. The van der Waals surface area contributed by atoms with Crippen LogP contribution in [0.2, 0.25) is 0 Å². The van der Waals surface area contributed by atoms with E-state index in [1.165, 1.54) is 12.1 Å². The van der Waals surface area contributed by atoms with Crippen LogP contribution in [-0.2, 0) is 4.79 Å². The van der Waals surface area contributed by atoms with E-state index in [0.717, 1.165) is 17.0 Å². The Labute approximate surface area is 145 Å². The van der Waals surface area contributed by atoms with E-state index in [1.807, 2.05) is 43.3 Å². The number of benzene rings is 2. The third kappa shape index (κ3) is 3.24. The van der Waals surface area contributed by atoms with Gasteiger partial charge in [-0.25, -0.2) is 0 Å². The first kappa shape index (κ1) is 16.7. The Morgan fingerprint density at radius 3 is 2.32 bits per heavy atom. The Bertz CT molecular complexity index is 812. The van der Waals surface area contributed by atoms with Gasteiger partial charge in [-0.1, -0.05) is 19.1 Å². The summed E-state index contributed by atoms with van der Waals surface area (Å²) in [6.45, 7) is 1.90. The number of non-ortho nitro benzene ring substituents is 1. The highest BCUT2D eigenvalue weighted by molar-refractivity contribution is 6.03. The van der Waals surface area contributed by atoms with Gasteiger partial charge in [0.15, 0.2) is 0 Å². The van der Waals surface area contributed by atoms with Gasteiger partial charge < -0.3 is 9.64 Å². The number of carbonyl (C=O) groups excluding carboxylic acids is 1. The molecule has 1 saturated heterocycles. The average molecular weight is 338 g/mol. The van der Waals surface area contributed by atoms with Crippen molar-refractivity contribution in [2.45, 2.75) is 13.0 Å². The SMILES string of the molecule is COc1ccc(N2C(=O)[C@@H](C)[C@H]2/C=C/c2ccc([N+](=O)[O-])cc2)cc1. The molecular weight excluding hydrogens is 320 g/mol. The highest BCUT2D eigenvalue weighted by Crippen LogP contribution is 2.34. The molecule has 0 aromatic heterocycles. The molecule has 1 amide bonds. The molecule has 0 aliphatic carbocycles. The number of methoxy groups -OCH3 is 1. The lowest BCUT2D eigenvalue weighted by atomic mass is 9.87. The van der Waals surface area contributed by atoms with Gasteiger partial charge in [0, 0.05) is 17.8 Å². The molecule has 1 fully saturated rings. The molecule has 0 radical (unpaired) electrons. The van der Waals surface area contributed by atoms with Crippen LogP contribution in [0, 0.1) is 16.0 Å². The van der Waals surface area contributed by atoms with E-state index < -0.39 is 4.92 Å². The molecule has 6 nitrogen and oxygen atoms in total. The smallest absolute Gasteiger partial charge is 0.269 e. The lowest BCUT2D eigenvalue weighted by molar-refractivity contribution is -0.384. The van der Waals surface area contributed by atoms with Gasteiger partial charge in [0.2, 0.25) is 5.91 Å². The summed E-state index contributed by atoms with van der Waals surface area (Å²) in [6.07, 6.45) is 3.84. The van der Waals surface area contributed by atoms with Gasteiger partial charge in [-0.15, -0.1) is 0 Å². The standard InChI is InChI=1S/C19H18N2O4/c1-13-18(12-5-14-3-6-16(7-4-14)21(23)24)20(19(13)22)15-8-10-17(25-2)11-9-15/h3-13,18H,1-2H3/b12-5+/t13-,18+/m0/s1. The Morgan fingerprint density at radius 1 is 1.12 bits per heavy atom. The van der Waals surface area contributed by atoms with Gasteiger partial charge in [0.05, 0.1) is 24.0 Å². The maximum atomic E-state index is 12.2. The van der Waals surface area contributed by atoms with Crippen molar-refractivity contribution in [2.24, 2.45) is 5.92 Å². The minimum absolute atomic E-state index is 0.0453. The van der Waals surface area contributed by atoms with Crippen molar-refractivity contribution in [3.63, 3.8) is 0 Å². The molecule has 0 bridgehead atoms. The van der Waals surface area contributed by atoms with Crippen LogP contribution in [0.15, 0.2) is 54.6 Å². The van der Waals surface area contributed by atoms with Crippen molar-refractivity contribution in [3.8, 4) is 5.75 Å². The maximum Gasteiger partial charge on any atom is 0.269 e. The van der Waals surface area contributed by atoms with Crippen molar-refractivity contribution >= 4 is 23.4 Å². The highest BCUT2D eigenvalue weighted by atomic mass is 16.6. The van der Waals surface area contributed by atoms with Gasteiger partial charge in [-0.2, -0.15) is 0 Å². The molecule has 128 valence electrons. The van der Waals surface area contributed by atoms with Crippen LogP contribution in [0.4, 0.5) is 11.4 Å². The number of nitro groups is 1. The number of ether oxygens (including phenoxy) is 1. The van der Waals surface area contributed by atoms with Crippen LogP contribution in [0.25, 0.3) is 6.08 Å². The number of nitro benzene ring substituents is 1. The number of nitrogens with zero attached hydrogens (tertiary/aromatic N) is 2. The maximum absolute atomic E-state index is 12.2. The lowest BCUT2D eigenvalue weighted by Crippen LogP contribution is -2.59. The van der Waals surface area contributed by atoms with Gasteiger partial charge in [0.25, 0.3) is 5.69 Å².